The van der Waals surface area contributed by atoms with Crippen molar-refractivity contribution >= 4 is 17.3 Å². The Morgan fingerprint density at radius 3 is 2.65 bits per heavy atom. The van der Waals surface area contributed by atoms with Gasteiger partial charge in [-0.3, -0.25) is 4.79 Å². The van der Waals surface area contributed by atoms with Crippen molar-refractivity contribution in [1.82, 2.24) is 0 Å². The third kappa shape index (κ3) is 4.01. The minimum absolute atomic E-state index is 0.226. The van der Waals surface area contributed by atoms with Crippen molar-refractivity contribution in [3.8, 4) is 11.8 Å². The van der Waals surface area contributed by atoms with Crippen molar-refractivity contribution in [1.29, 1.82) is 5.26 Å². The summed E-state index contributed by atoms with van der Waals surface area (Å²) in [5, 5.41) is 15.0. The summed E-state index contributed by atoms with van der Waals surface area (Å²) in [6, 6.07) is 14.2. The molecular formula is C18H19N3O2. The number of nitrogens with zero attached hydrogens (tertiary/aromatic N) is 1. The maximum absolute atomic E-state index is 12.3. The van der Waals surface area contributed by atoms with Crippen molar-refractivity contribution in [2.75, 3.05) is 17.7 Å². The second-order valence-corrected chi connectivity index (χ2v) is 5.22. The van der Waals surface area contributed by atoms with Gasteiger partial charge in [0, 0.05) is 0 Å². The summed E-state index contributed by atoms with van der Waals surface area (Å²) in [6.45, 7) is 3.73. The first kappa shape index (κ1) is 16.4. The number of amides is 1. The average Bonchev–Trinajstić information content (AvgIpc) is 2.55. The smallest absolute Gasteiger partial charge is 0.246 e. The number of para-hydroxylation sites is 1. The number of nitrogens with one attached hydrogen (secondary N) is 2. The minimum Gasteiger partial charge on any atom is -0.495 e. The van der Waals surface area contributed by atoms with E-state index in [0.29, 0.717) is 17.0 Å². The molecule has 2 aromatic rings. The Morgan fingerprint density at radius 2 is 1.96 bits per heavy atom. The fraction of sp³-hybridized carbons (Fsp3) is 0.222. The van der Waals surface area contributed by atoms with Gasteiger partial charge in [-0.25, -0.2) is 0 Å². The number of rotatable bonds is 5. The second-order valence-electron chi connectivity index (χ2n) is 5.22. The van der Waals surface area contributed by atoms with Gasteiger partial charge in [0.1, 0.15) is 17.9 Å². The minimum atomic E-state index is -0.488. The van der Waals surface area contributed by atoms with E-state index in [2.05, 4.69) is 16.7 Å². The van der Waals surface area contributed by atoms with Crippen LogP contribution in [0.5, 0.6) is 5.75 Å². The van der Waals surface area contributed by atoms with Gasteiger partial charge in [-0.2, -0.15) is 5.26 Å². The molecule has 0 aliphatic carbocycles. The molecule has 1 atom stereocenters. The van der Waals surface area contributed by atoms with Crippen LogP contribution in [0, 0.1) is 18.3 Å². The van der Waals surface area contributed by atoms with Gasteiger partial charge >= 0.3 is 0 Å². The van der Waals surface area contributed by atoms with Crippen LogP contribution in [-0.4, -0.2) is 19.1 Å². The van der Waals surface area contributed by atoms with E-state index in [1.165, 1.54) is 0 Å². The van der Waals surface area contributed by atoms with Crippen molar-refractivity contribution in [3.05, 3.63) is 53.6 Å². The largest absolute Gasteiger partial charge is 0.495 e. The van der Waals surface area contributed by atoms with Gasteiger partial charge in [-0.05, 0) is 43.7 Å². The van der Waals surface area contributed by atoms with Crippen molar-refractivity contribution in [2.24, 2.45) is 0 Å². The molecule has 5 heteroatoms. The number of carbonyl (C=O) groups is 1. The quantitative estimate of drug-likeness (QED) is 0.888. The third-order valence-electron chi connectivity index (χ3n) is 3.43. The van der Waals surface area contributed by atoms with Crippen LogP contribution in [0.15, 0.2) is 42.5 Å². The molecule has 23 heavy (non-hydrogen) atoms. The van der Waals surface area contributed by atoms with E-state index in [9.17, 15) is 4.79 Å². The number of ether oxygens (including phenoxy) is 1. The van der Waals surface area contributed by atoms with E-state index >= 15 is 0 Å². The molecule has 0 heterocycles. The predicted molar refractivity (Wildman–Crippen MR) is 90.6 cm³/mol. The summed E-state index contributed by atoms with van der Waals surface area (Å²) in [6.07, 6.45) is 0. The Kier molecular flexibility index (Phi) is 5.21. The maximum atomic E-state index is 12.3. The molecule has 0 unspecified atom stereocenters. The highest BCUT2D eigenvalue weighted by molar-refractivity contribution is 5.97. The van der Waals surface area contributed by atoms with Gasteiger partial charge in [0.25, 0.3) is 0 Å². The summed E-state index contributed by atoms with van der Waals surface area (Å²) in [5.74, 6) is 0.448. The van der Waals surface area contributed by atoms with E-state index in [0.717, 1.165) is 11.3 Å². The highest BCUT2D eigenvalue weighted by Crippen LogP contribution is 2.26. The van der Waals surface area contributed by atoms with Crippen LogP contribution in [0.2, 0.25) is 0 Å². The average molecular weight is 309 g/mol. The number of methoxy groups -OCH3 is 1. The molecule has 5 nitrogen and oxygen atoms in total. The number of aryl methyl sites for hydroxylation is 1. The van der Waals surface area contributed by atoms with Crippen LogP contribution in [0.1, 0.15) is 18.1 Å². The molecular weight excluding hydrogens is 290 g/mol. The molecule has 0 spiro atoms. The standard InChI is InChI=1S/C18H19N3O2/c1-12-8-9-17(23-3)16(10-12)20-13(2)18(22)21-15-7-5-4-6-14(15)11-19/h4-10,13,20H,1-3H3,(H,21,22)/t13-/m1/s1. The molecule has 0 aliphatic heterocycles. The Labute approximate surface area is 135 Å². The summed E-state index contributed by atoms with van der Waals surface area (Å²) < 4.78 is 5.30. The van der Waals surface area contributed by atoms with Gasteiger partial charge in [0.2, 0.25) is 5.91 Å². The number of hydrogen-bond donors (Lipinski definition) is 2. The molecule has 0 bridgehead atoms. The molecule has 0 saturated carbocycles. The topological polar surface area (TPSA) is 74.2 Å². The van der Waals surface area contributed by atoms with Crippen molar-refractivity contribution in [2.45, 2.75) is 19.9 Å². The van der Waals surface area contributed by atoms with E-state index < -0.39 is 6.04 Å². The molecule has 0 aliphatic rings. The van der Waals surface area contributed by atoms with E-state index in [-0.39, 0.29) is 5.91 Å². The van der Waals surface area contributed by atoms with Crippen LogP contribution in [0.3, 0.4) is 0 Å². The first-order valence-electron chi connectivity index (χ1n) is 7.26. The molecule has 118 valence electrons. The Balaban J connectivity index is 2.12. The van der Waals surface area contributed by atoms with Gasteiger partial charge in [-0.1, -0.05) is 18.2 Å². The number of hydrogen-bond acceptors (Lipinski definition) is 4. The van der Waals surface area contributed by atoms with Crippen molar-refractivity contribution in [3.63, 3.8) is 0 Å². The Bertz CT molecular complexity index is 750. The molecule has 0 fully saturated rings. The highest BCUT2D eigenvalue weighted by Gasteiger charge is 2.16. The fourth-order valence-corrected chi connectivity index (χ4v) is 2.16. The summed E-state index contributed by atoms with van der Waals surface area (Å²) >= 11 is 0. The summed E-state index contributed by atoms with van der Waals surface area (Å²) in [5.41, 5.74) is 2.76. The lowest BCUT2D eigenvalue weighted by Crippen LogP contribution is -2.32. The molecule has 0 aromatic heterocycles. The molecule has 2 aromatic carbocycles. The van der Waals surface area contributed by atoms with E-state index in [1.807, 2.05) is 25.1 Å². The first-order valence-corrected chi connectivity index (χ1v) is 7.26. The SMILES string of the molecule is COc1ccc(C)cc1N[C@H](C)C(=O)Nc1ccccc1C#N. The molecule has 2 N–H and O–H groups in total. The number of nitriles is 1. The van der Waals surface area contributed by atoms with E-state index in [4.69, 9.17) is 10.00 Å². The second kappa shape index (κ2) is 7.32. The lowest BCUT2D eigenvalue weighted by atomic mass is 10.1. The first-order chi connectivity index (χ1) is 11.0. The zero-order chi connectivity index (χ0) is 16.8. The van der Waals surface area contributed by atoms with Gasteiger partial charge < -0.3 is 15.4 Å². The predicted octanol–water partition coefficient (Wildman–Crippen LogP) is 3.31. The Morgan fingerprint density at radius 1 is 1.22 bits per heavy atom. The zero-order valence-corrected chi connectivity index (χ0v) is 13.4. The van der Waals surface area contributed by atoms with Gasteiger partial charge in [-0.15, -0.1) is 0 Å². The van der Waals surface area contributed by atoms with Crippen LogP contribution >= 0.6 is 0 Å². The van der Waals surface area contributed by atoms with Gasteiger partial charge in [0.15, 0.2) is 0 Å². The van der Waals surface area contributed by atoms with Crippen molar-refractivity contribution < 1.29 is 9.53 Å². The van der Waals surface area contributed by atoms with Crippen LogP contribution < -0.4 is 15.4 Å². The van der Waals surface area contributed by atoms with Crippen LogP contribution in [0.4, 0.5) is 11.4 Å². The molecule has 0 radical (unpaired) electrons. The summed E-state index contributed by atoms with van der Waals surface area (Å²) in [7, 11) is 1.59. The normalized spacial score (nSPS) is 11.2. The fourth-order valence-electron chi connectivity index (χ4n) is 2.16. The maximum Gasteiger partial charge on any atom is 0.246 e. The zero-order valence-electron chi connectivity index (χ0n) is 13.4. The number of anilines is 2. The molecule has 2 rings (SSSR count). The Hall–Kier alpha value is -3.00. The van der Waals surface area contributed by atoms with E-state index in [1.54, 1.807) is 38.3 Å². The van der Waals surface area contributed by atoms with Crippen LogP contribution in [0.25, 0.3) is 0 Å². The lowest BCUT2D eigenvalue weighted by molar-refractivity contribution is -0.116. The van der Waals surface area contributed by atoms with Crippen LogP contribution in [-0.2, 0) is 4.79 Å². The number of carbonyl (C=O) groups excluding carboxylic acids is 1. The highest BCUT2D eigenvalue weighted by atomic mass is 16.5. The van der Waals surface area contributed by atoms with Gasteiger partial charge in [0.05, 0.1) is 24.0 Å². The monoisotopic (exact) mass is 309 g/mol. The lowest BCUT2D eigenvalue weighted by Gasteiger charge is -2.18. The summed E-state index contributed by atoms with van der Waals surface area (Å²) in [4.78, 5) is 12.3. The number of benzene rings is 2. The molecule has 0 saturated heterocycles. The third-order valence-corrected chi connectivity index (χ3v) is 3.43. The molecule has 1 amide bonds.